The third kappa shape index (κ3) is 4.56. The maximum Gasteiger partial charge on any atom is 0.255 e. The van der Waals surface area contributed by atoms with Crippen molar-refractivity contribution in [3.63, 3.8) is 0 Å². The average molecular weight is 435 g/mol. The van der Waals surface area contributed by atoms with Crippen LogP contribution in [0.2, 0.25) is 0 Å². The average Bonchev–Trinajstić information content (AvgIpc) is 3.24. The van der Waals surface area contributed by atoms with Crippen LogP contribution in [0.25, 0.3) is 5.69 Å². The Labute approximate surface area is 187 Å². The van der Waals surface area contributed by atoms with Crippen LogP contribution in [0.1, 0.15) is 60.6 Å². The van der Waals surface area contributed by atoms with Crippen molar-refractivity contribution in [1.82, 2.24) is 15.1 Å². The fraction of sp³-hybridized carbons (Fsp3) is 0.320. The lowest BCUT2D eigenvalue weighted by Crippen LogP contribution is -2.35. The molecule has 1 aromatic heterocycles. The van der Waals surface area contributed by atoms with Crippen molar-refractivity contribution in [1.29, 1.82) is 0 Å². The molecule has 2 aromatic carbocycles. The molecule has 2 heterocycles. The highest BCUT2D eigenvalue weighted by molar-refractivity contribution is 5.95. The number of rotatable bonds is 6. The molecule has 0 saturated carbocycles. The summed E-state index contributed by atoms with van der Waals surface area (Å²) in [7, 11) is 0. The summed E-state index contributed by atoms with van der Waals surface area (Å²) in [5, 5.41) is 7.36. The molecule has 0 unspecified atom stereocenters. The minimum Gasteiger partial charge on any atom is -0.348 e. The summed E-state index contributed by atoms with van der Waals surface area (Å²) in [5.74, 6) is -0.357. The van der Waals surface area contributed by atoms with Crippen LogP contribution in [-0.2, 0) is 11.3 Å². The number of carbonyl (C=O) groups excluding carboxylic acids is 2. The number of carbonyl (C=O) groups is 2. The minimum atomic E-state index is -0.321. The van der Waals surface area contributed by atoms with Gasteiger partial charge in [-0.2, -0.15) is 5.10 Å². The summed E-state index contributed by atoms with van der Waals surface area (Å²) in [5.41, 5.74) is 3.75. The monoisotopic (exact) mass is 434 g/mol. The Morgan fingerprint density at radius 2 is 1.91 bits per heavy atom. The largest absolute Gasteiger partial charge is 0.348 e. The fourth-order valence-corrected chi connectivity index (χ4v) is 4.07. The number of anilines is 1. The van der Waals surface area contributed by atoms with Gasteiger partial charge >= 0.3 is 0 Å². The summed E-state index contributed by atoms with van der Waals surface area (Å²) >= 11 is 0. The first kappa shape index (κ1) is 21.7. The molecule has 0 radical (unpaired) electrons. The molecule has 1 N–H and O–H groups in total. The van der Waals surface area contributed by atoms with E-state index in [0.29, 0.717) is 24.2 Å². The van der Waals surface area contributed by atoms with E-state index in [9.17, 15) is 14.0 Å². The Hall–Kier alpha value is -3.48. The zero-order chi connectivity index (χ0) is 22.7. The predicted molar refractivity (Wildman–Crippen MR) is 121 cm³/mol. The third-order valence-electron chi connectivity index (χ3n) is 5.67. The van der Waals surface area contributed by atoms with E-state index in [1.807, 2.05) is 43.0 Å². The van der Waals surface area contributed by atoms with E-state index in [4.69, 9.17) is 0 Å². The summed E-state index contributed by atoms with van der Waals surface area (Å²) in [6.45, 7) is 5.06. The van der Waals surface area contributed by atoms with Crippen LogP contribution in [0.4, 0.5) is 10.1 Å². The number of hydrogen-bond donors (Lipinski definition) is 1. The lowest BCUT2D eigenvalue weighted by molar-refractivity contribution is -0.119. The van der Waals surface area contributed by atoms with E-state index in [2.05, 4.69) is 10.4 Å². The van der Waals surface area contributed by atoms with Crippen LogP contribution in [0.5, 0.6) is 0 Å². The highest BCUT2D eigenvalue weighted by Crippen LogP contribution is 2.24. The van der Waals surface area contributed by atoms with Crippen LogP contribution in [0, 0.1) is 5.82 Å². The molecule has 1 aliphatic rings. The van der Waals surface area contributed by atoms with Gasteiger partial charge < -0.3 is 10.2 Å². The van der Waals surface area contributed by atoms with E-state index >= 15 is 0 Å². The Bertz CT molecular complexity index is 1120. The molecule has 1 aliphatic heterocycles. The highest BCUT2D eigenvalue weighted by Gasteiger charge is 2.22. The lowest BCUT2D eigenvalue weighted by atomic mass is 10.0. The van der Waals surface area contributed by atoms with Crippen LogP contribution in [0.3, 0.4) is 0 Å². The van der Waals surface area contributed by atoms with Crippen LogP contribution >= 0.6 is 0 Å². The van der Waals surface area contributed by atoms with Gasteiger partial charge in [0.15, 0.2) is 0 Å². The van der Waals surface area contributed by atoms with Gasteiger partial charge in [0.25, 0.3) is 5.91 Å². The SMILES string of the molecule is CC(C)c1c(C(=O)NCc2cccc(N3CCCCC3=O)c2)cnn1-c1ccc(F)cc1. The smallest absolute Gasteiger partial charge is 0.255 e. The molecule has 0 aliphatic carbocycles. The molecule has 1 saturated heterocycles. The predicted octanol–water partition coefficient (Wildman–Crippen LogP) is 4.58. The van der Waals surface area contributed by atoms with E-state index in [-0.39, 0.29) is 23.5 Å². The number of benzene rings is 2. The van der Waals surface area contributed by atoms with Crippen molar-refractivity contribution < 1.29 is 14.0 Å². The molecule has 1 fully saturated rings. The standard InChI is InChI=1S/C25H27FN4O2/c1-17(2)24-22(16-28-30(24)20-11-9-19(26)10-12-20)25(32)27-15-18-6-5-7-21(14-18)29-13-4-3-8-23(29)31/h5-7,9-12,14,16-17H,3-4,8,13,15H2,1-2H3,(H,27,32). The third-order valence-corrected chi connectivity index (χ3v) is 5.67. The normalized spacial score (nSPS) is 14.1. The first-order valence-electron chi connectivity index (χ1n) is 11.0. The van der Waals surface area contributed by atoms with Crippen molar-refractivity contribution in [2.75, 3.05) is 11.4 Å². The summed E-state index contributed by atoms with van der Waals surface area (Å²) in [6, 6.07) is 13.8. The topological polar surface area (TPSA) is 67.2 Å². The van der Waals surface area contributed by atoms with E-state index in [1.165, 1.54) is 12.1 Å². The van der Waals surface area contributed by atoms with Gasteiger partial charge in [-0.3, -0.25) is 9.59 Å². The van der Waals surface area contributed by atoms with Gasteiger partial charge in [0.1, 0.15) is 5.82 Å². The van der Waals surface area contributed by atoms with Crippen molar-refractivity contribution in [3.05, 3.63) is 77.4 Å². The first-order valence-corrected chi connectivity index (χ1v) is 11.0. The number of halogens is 1. The molecule has 2 amide bonds. The molecule has 166 valence electrons. The number of amides is 2. The van der Waals surface area contributed by atoms with Crippen LogP contribution in [0.15, 0.2) is 54.7 Å². The quantitative estimate of drug-likeness (QED) is 0.617. The van der Waals surface area contributed by atoms with Gasteiger partial charge in [-0.25, -0.2) is 9.07 Å². The highest BCUT2D eigenvalue weighted by atomic mass is 19.1. The zero-order valence-electron chi connectivity index (χ0n) is 18.3. The van der Waals surface area contributed by atoms with Crippen molar-refractivity contribution in [2.45, 2.75) is 45.6 Å². The molecule has 0 spiro atoms. The molecule has 6 nitrogen and oxygen atoms in total. The molecule has 7 heteroatoms. The molecule has 32 heavy (non-hydrogen) atoms. The lowest BCUT2D eigenvalue weighted by Gasteiger charge is -2.27. The number of hydrogen-bond acceptors (Lipinski definition) is 3. The zero-order valence-corrected chi connectivity index (χ0v) is 18.3. The Morgan fingerprint density at radius 1 is 1.12 bits per heavy atom. The van der Waals surface area contributed by atoms with Crippen molar-refractivity contribution >= 4 is 17.5 Å². The molecule has 4 rings (SSSR count). The summed E-state index contributed by atoms with van der Waals surface area (Å²) < 4.78 is 15.0. The molecular formula is C25H27FN4O2. The van der Waals surface area contributed by atoms with Gasteiger partial charge in [-0.1, -0.05) is 26.0 Å². The van der Waals surface area contributed by atoms with E-state index in [1.54, 1.807) is 23.0 Å². The van der Waals surface area contributed by atoms with Crippen LogP contribution < -0.4 is 10.2 Å². The maximum atomic E-state index is 13.3. The molecule has 0 bridgehead atoms. The van der Waals surface area contributed by atoms with E-state index in [0.717, 1.165) is 36.3 Å². The maximum absolute atomic E-state index is 13.3. The van der Waals surface area contributed by atoms with Gasteiger partial charge in [0.05, 0.1) is 23.1 Å². The first-order chi connectivity index (χ1) is 15.4. The second-order valence-electron chi connectivity index (χ2n) is 8.34. The fourth-order valence-electron chi connectivity index (χ4n) is 4.07. The van der Waals surface area contributed by atoms with Gasteiger partial charge in [0.2, 0.25) is 5.91 Å². The number of aromatic nitrogens is 2. The molecule has 0 atom stereocenters. The van der Waals surface area contributed by atoms with Gasteiger partial charge in [-0.05, 0) is 60.7 Å². The Morgan fingerprint density at radius 3 is 2.62 bits per heavy atom. The molecule has 3 aromatic rings. The Kier molecular flexibility index (Phi) is 6.35. The van der Waals surface area contributed by atoms with Crippen molar-refractivity contribution in [3.8, 4) is 5.69 Å². The minimum absolute atomic E-state index is 0.0387. The van der Waals surface area contributed by atoms with Gasteiger partial charge in [-0.15, -0.1) is 0 Å². The second-order valence-corrected chi connectivity index (χ2v) is 8.34. The summed E-state index contributed by atoms with van der Waals surface area (Å²) in [4.78, 5) is 27.0. The van der Waals surface area contributed by atoms with Crippen LogP contribution in [-0.4, -0.2) is 28.1 Å². The Balaban J connectivity index is 1.51. The van der Waals surface area contributed by atoms with Gasteiger partial charge in [0, 0.05) is 25.2 Å². The number of nitrogens with one attached hydrogen (secondary N) is 1. The molecular weight excluding hydrogens is 407 g/mol. The second kappa shape index (κ2) is 9.34. The van der Waals surface area contributed by atoms with Crippen molar-refractivity contribution in [2.24, 2.45) is 0 Å². The number of nitrogens with zero attached hydrogens (tertiary/aromatic N) is 3. The van der Waals surface area contributed by atoms with E-state index < -0.39 is 0 Å². The number of piperidine rings is 1. The summed E-state index contributed by atoms with van der Waals surface area (Å²) in [6.07, 6.45) is 4.07.